The van der Waals surface area contributed by atoms with Gasteiger partial charge < -0.3 is 4.90 Å². The zero-order chi connectivity index (χ0) is 18.6. The second kappa shape index (κ2) is 8.11. The molecule has 0 radical (unpaired) electrons. The highest BCUT2D eigenvalue weighted by molar-refractivity contribution is 6.35. The van der Waals surface area contributed by atoms with Crippen molar-refractivity contribution in [1.82, 2.24) is 19.7 Å². The predicted octanol–water partition coefficient (Wildman–Crippen LogP) is 4.28. The van der Waals surface area contributed by atoms with Gasteiger partial charge in [-0.05, 0) is 23.3 Å². The number of hydrogen-bond donors (Lipinski definition) is 0. The largest absolute Gasteiger partial charge is 0.354 e. The van der Waals surface area contributed by atoms with Crippen LogP contribution in [0.3, 0.4) is 0 Å². The zero-order valence-electron chi connectivity index (χ0n) is 14.7. The lowest BCUT2D eigenvalue weighted by atomic mass is 9.97. The Morgan fingerprint density at radius 1 is 1.07 bits per heavy atom. The molecule has 5 nitrogen and oxygen atoms in total. The number of nitrogens with zero attached hydrogens (tertiary/aromatic N) is 5. The fourth-order valence-electron chi connectivity index (χ4n) is 3.38. The molecule has 0 fully saturated rings. The van der Waals surface area contributed by atoms with Crippen LogP contribution in [0.4, 0.5) is 0 Å². The molecule has 4 rings (SSSR count). The van der Waals surface area contributed by atoms with Crippen molar-refractivity contribution in [1.29, 1.82) is 0 Å². The summed E-state index contributed by atoms with van der Waals surface area (Å²) in [5.74, 6) is 1.16. The van der Waals surface area contributed by atoms with E-state index in [1.54, 1.807) is 18.7 Å². The number of hydrogen-bond acceptors (Lipinski definition) is 4. The molecule has 1 aliphatic heterocycles. The van der Waals surface area contributed by atoms with Crippen molar-refractivity contribution in [2.45, 2.75) is 19.0 Å². The topological polar surface area (TPSA) is 46.3 Å². The van der Waals surface area contributed by atoms with Crippen LogP contribution in [-0.4, -0.2) is 38.6 Å². The Hall–Kier alpha value is -2.37. The molecule has 0 spiro atoms. The van der Waals surface area contributed by atoms with E-state index in [0.29, 0.717) is 23.1 Å². The minimum absolute atomic E-state index is 0.0986. The summed E-state index contributed by atoms with van der Waals surface area (Å²) in [6.45, 7) is 3.04. The van der Waals surface area contributed by atoms with Gasteiger partial charge >= 0.3 is 0 Å². The van der Waals surface area contributed by atoms with Gasteiger partial charge in [0.2, 0.25) is 0 Å². The number of halogens is 2. The van der Waals surface area contributed by atoms with Gasteiger partial charge in [-0.3, -0.25) is 9.67 Å². The lowest BCUT2D eigenvalue weighted by molar-refractivity contribution is 0.427. The maximum Gasteiger partial charge on any atom is 0.137 e. The number of benzene rings is 2. The first-order valence-electron chi connectivity index (χ1n) is 8.81. The molecule has 0 aliphatic carbocycles. The lowest BCUT2D eigenvalue weighted by Crippen LogP contribution is -2.33. The molecule has 1 unspecified atom stereocenters. The molecule has 3 aromatic rings. The van der Waals surface area contributed by atoms with Gasteiger partial charge in [-0.25, -0.2) is 4.98 Å². The highest BCUT2D eigenvalue weighted by Crippen LogP contribution is 2.28. The smallest absolute Gasteiger partial charge is 0.137 e. The Kier molecular flexibility index (Phi) is 5.41. The van der Waals surface area contributed by atoms with Crippen molar-refractivity contribution >= 4 is 29.0 Å². The Bertz CT molecular complexity index is 925. The summed E-state index contributed by atoms with van der Waals surface area (Å²) in [5.41, 5.74) is 2.25. The molecule has 2 aromatic carbocycles. The average Bonchev–Trinajstić information content (AvgIpc) is 3.35. The average molecular weight is 400 g/mol. The van der Waals surface area contributed by atoms with Crippen LogP contribution < -0.4 is 0 Å². The van der Waals surface area contributed by atoms with E-state index in [-0.39, 0.29) is 5.92 Å². The van der Waals surface area contributed by atoms with Gasteiger partial charge in [0.1, 0.15) is 18.5 Å². The van der Waals surface area contributed by atoms with E-state index in [0.717, 1.165) is 24.5 Å². The van der Waals surface area contributed by atoms with Crippen molar-refractivity contribution in [3.63, 3.8) is 0 Å². The van der Waals surface area contributed by atoms with Crippen LogP contribution in [0.25, 0.3) is 0 Å². The maximum absolute atomic E-state index is 6.39. The Balaban J connectivity index is 1.62. The lowest BCUT2D eigenvalue weighted by Gasteiger charge is -2.27. The minimum atomic E-state index is 0.0986. The molecule has 0 saturated heterocycles. The van der Waals surface area contributed by atoms with Crippen molar-refractivity contribution < 1.29 is 0 Å². The third-order valence-electron chi connectivity index (χ3n) is 4.69. The van der Waals surface area contributed by atoms with E-state index in [9.17, 15) is 0 Å². The van der Waals surface area contributed by atoms with Crippen molar-refractivity contribution in [2.75, 3.05) is 13.1 Å². The van der Waals surface area contributed by atoms with Crippen LogP contribution in [0.15, 0.2) is 66.2 Å². The second-order valence-corrected chi connectivity index (χ2v) is 7.32. The summed E-state index contributed by atoms with van der Waals surface area (Å²) < 4.78 is 1.85. The summed E-state index contributed by atoms with van der Waals surface area (Å²) in [5, 5.41) is 5.61. The van der Waals surface area contributed by atoms with Gasteiger partial charge in [-0.1, -0.05) is 59.6 Å². The maximum atomic E-state index is 6.39. The first kappa shape index (κ1) is 18.0. The number of aromatic nitrogens is 3. The summed E-state index contributed by atoms with van der Waals surface area (Å²) in [7, 11) is 0. The number of aliphatic imine (C=N–C) groups is 1. The Labute approximate surface area is 168 Å². The van der Waals surface area contributed by atoms with Crippen molar-refractivity contribution in [2.24, 2.45) is 4.99 Å². The predicted molar refractivity (Wildman–Crippen MR) is 108 cm³/mol. The van der Waals surface area contributed by atoms with Crippen LogP contribution in [0.1, 0.15) is 17.0 Å². The SMILES string of the molecule is Clc1ccc(CN2CCN=C2C(Cn2cncn2)c2ccccc2)c(Cl)c1. The van der Waals surface area contributed by atoms with Gasteiger partial charge in [0.15, 0.2) is 0 Å². The third-order valence-corrected chi connectivity index (χ3v) is 5.28. The van der Waals surface area contributed by atoms with E-state index < -0.39 is 0 Å². The molecule has 1 atom stereocenters. The van der Waals surface area contributed by atoms with Crippen molar-refractivity contribution in [3.8, 4) is 0 Å². The molecule has 27 heavy (non-hydrogen) atoms. The second-order valence-electron chi connectivity index (χ2n) is 6.48. The zero-order valence-corrected chi connectivity index (χ0v) is 16.2. The first-order valence-corrected chi connectivity index (χ1v) is 9.57. The Morgan fingerprint density at radius 3 is 2.67 bits per heavy atom. The van der Waals surface area contributed by atoms with E-state index >= 15 is 0 Å². The molecule has 1 aliphatic rings. The fraction of sp³-hybridized carbons (Fsp3) is 0.250. The van der Waals surface area contributed by atoms with Gasteiger partial charge in [0.25, 0.3) is 0 Å². The minimum Gasteiger partial charge on any atom is -0.354 e. The monoisotopic (exact) mass is 399 g/mol. The third kappa shape index (κ3) is 4.15. The molecular formula is C20H19Cl2N5. The van der Waals surface area contributed by atoms with Crippen LogP contribution >= 0.6 is 23.2 Å². The summed E-state index contributed by atoms with van der Waals surface area (Å²) in [6.07, 6.45) is 3.30. The highest BCUT2D eigenvalue weighted by atomic mass is 35.5. The van der Waals surface area contributed by atoms with Gasteiger partial charge in [0, 0.05) is 23.1 Å². The highest BCUT2D eigenvalue weighted by Gasteiger charge is 2.28. The van der Waals surface area contributed by atoms with Gasteiger partial charge in [0.05, 0.1) is 19.0 Å². The first-order chi connectivity index (χ1) is 13.2. The van der Waals surface area contributed by atoms with Gasteiger partial charge in [-0.2, -0.15) is 5.10 Å². The van der Waals surface area contributed by atoms with E-state index in [4.69, 9.17) is 28.2 Å². The van der Waals surface area contributed by atoms with E-state index in [1.165, 1.54) is 5.56 Å². The Morgan fingerprint density at radius 2 is 1.93 bits per heavy atom. The molecule has 138 valence electrons. The standard InChI is InChI=1S/C20H19Cl2N5/c21-17-7-6-16(19(22)10-17)11-26-9-8-24-20(26)18(12-27-14-23-13-25-27)15-4-2-1-3-5-15/h1-7,10,13-14,18H,8-9,11-12H2. The van der Waals surface area contributed by atoms with Gasteiger partial charge in [-0.15, -0.1) is 0 Å². The molecular weight excluding hydrogens is 381 g/mol. The van der Waals surface area contributed by atoms with Crippen LogP contribution in [0, 0.1) is 0 Å². The molecule has 7 heteroatoms. The quantitative estimate of drug-likeness (QED) is 0.621. The van der Waals surface area contributed by atoms with Crippen molar-refractivity contribution in [3.05, 3.63) is 82.4 Å². The van der Waals surface area contributed by atoms with Crippen LogP contribution in [-0.2, 0) is 13.1 Å². The van der Waals surface area contributed by atoms with E-state index in [1.807, 2.05) is 22.9 Å². The van der Waals surface area contributed by atoms with E-state index in [2.05, 4.69) is 39.2 Å². The number of rotatable bonds is 6. The molecule has 1 aromatic heterocycles. The number of amidine groups is 1. The molecule has 0 amide bonds. The summed E-state index contributed by atoms with van der Waals surface area (Å²) in [4.78, 5) is 11.2. The molecule has 0 saturated carbocycles. The normalized spacial score (nSPS) is 15.0. The molecule has 2 heterocycles. The summed E-state index contributed by atoms with van der Waals surface area (Å²) in [6, 6.07) is 16.0. The molecule has 0 bridgehead atoms. The van der Waals surface area contributed by atoms with Crippen LogP contribution in [0.5, 0.6) is 0 Å². The fourth-order valence-corrected chi connectivity index (χ4v) is 3.85. The molecule has 0 N–H and O–H groups in total. The van der Waals surface area contributed by atoms with Crippen LogP contribution in [0.2, 0.25) is 10.0 Å². The summed E-state index contributed by atoms with van der Waals surface area (Å²) >= 11 is 12.4.